The van der Waals surface area contributed by atoms with Gasteiger partial charge in [-0.2, -0.15) is 17.5 Å². The van der Waals surface area contributed by atoms with Crippen LogP contribution in [0.2, 0.25) is 0 Å². The third kappa shape index (κ3) is 4.08. The average Bonchev–Trinajstić information content (AvgIpc) is 3.51. The standard InChI is InChI=1S/C20H22F4N4O2S/c1-12-3-2-4-18-15(12)10-27(31(29,30)20(22,23)24)11-19(13-5-6-13)28(18)9-14-7-17(25)16(21)8-26-14/h2-4,7-8,13,19H,5-6,9-11H2,1H3,(H2,25,26). The summed E-state index contributed by atoms with van der Waals surface area (Å²) in [6.07, 6.45) is 2.59. The molecule has 0 saturated heterocycles. The molecule has 1 aromatic carbocycles. The molecule has 0 spiro atoms. The van der Waals surface area contributed by atoms with Crippen molar-refractivity contribution in [3.05, 3.63) is 53.1 Å². The van der Waals surface area contributed by atoms with Crippen LogP contribution in [0.3, 0.4) is 0 Å². The van der Waals surface area contributed by atoms with Gasteiger partial charge < -0.3 is 10.6 Å². The highest BCUT2D eigenvalue weighted by Crippen LogP contribution is 2.43. The molecule has 1 fully saturated rings. The van der Waals surface area contributed by atoms with Crippen molar-refractivity contribution in [2.75, 3.05) is 17.2 Å². The first-order chi connectivity index (χ1) is 14.5. The van der Waals surface area contributed by atoms with Crippen molar-refractivity contribution >= 4 is 21.4 Å². The third-order valence-electron chi connectivity index (χ3n) is 5.89. The number of rotatable bonds is 4. The Morgan fingerprint density at radius 3 is 2.58 bits per heavy atom. The number of sulfonamides is 1. The Bertz CT molecular complexity index is 1100. The van der Waals surface area contributed by atoms with Gasteiger partial charge in [0.05, 0.1) is 24.1 Å². The van der Waals surface area contributed by atoms with Crippen LogP contribution >= 0.6 is 0 Å². The molecule has 6 nitrogen and oxygen atoms in total. The lowest BCUT2D eigenvalue weighted by Crippen LogP contribution is -2.47. The zero-order chi connectivity index (χ0) is 22.6. The minimum Gasteiger partial charge on any atom is -0.396 e. The summed E-state index contributed by atoms with van der Waals surface area (Å²) in [5, 5.41) is 0. The van der Waals surface area contributed by atoms with Gasteiger partial charge in [0.2, 0.25) is 0 Å². The van der Waals surface area contributed by atoms with Crippen molar-refractivity contribution in [3.8, 4) is 0 Å². The highest BCUT2D eigenvalue weighted by atomic mass is 32.2. The number of alkyl halides is 3. The van der Waals surface area contributed by atoms with Gasteiger partial charge in [-0.05, 0) is 48.9 Å². The minimum absolute atomic E-state index is 0.0511. The summed E-state index contributed by atoms with van der Waals surface area (Å²) in [6.45, 7) is 1.24. The van der Waals surface area contributed by atoms with Crippen LogP contribution in [-0.4, -0.2) is 35.8 Å². The fraction of sp³-hybridized carbons (Fsp3) is 0.450. The second-order valence-electron chi connectivity index (χ2n) is 8.05. The predicted octanol–water partition coefficient (Wildman–Crippen LogP) is 3.56. The van der Waals surface area contributed by atoms with Gasteiger partial charge in [-0.25, -0.2) is 12.8 Å². The Kier molecular flexibility index (Phi) is 5.37. The quantitative estimate of drug-likeness (QED) is 0.709. The number of nitrogens with zero attached hydrogens (tertiary/aromatic N) is 3. The van der Waals surface area contributed by atoms with Gasteiger partial charge in [0, 0.05) is 24.8 Å². The summed E-state index contributed by atoms with van der Waals surface area (Å²) in [7, 11) is -5.51. The third-order valence-corrected chi connectivity index (χ3v) is 7.44. The van der Waals surface area contributed by atoms with Crippen molar-refractivity contribution in [2.45, 2.75) is 44.4 Å². The summed E-state index contributed by atoms with van der Waals surface area (Å²) < 4.78 is 78.9. The molecule has 31 heavy (non-hydrogen) atoms. The number of benzene rings is 1. The minimum atomic E-state index is -5.51. The second kappa shape index (κ2) is 7.63. The molecule has 1 unspecified atom stereocenters. The maximum Gasteiger partial charge on any atom is 0.511 e. The lowest BCUT2D eigenvalue weighted by atomic mass is 10.0. The van der Waals surface area contributed by atoms with Gasteiger partial charge in [-0.15, -0.1) is 0 Å². The molecule has 1 aromatic heterocycles. The smallest absolute Gasteiger partial charge is 0.396 e. The highest BCUT2D eigenvalue weighted by molar-refractivity contribution is 7.89. The van der Waals surface area contributed by atoms with E-state index >= 15 is 0 Å². The number of nitrogen functional groups attached to an aromatic ring is 1. The number of anilines is 2. The largest absolute Gasteiger partial charge is 0.511 e. The fourth-order valence-corrected chi connectivity index (χ4v) is 5.01. The molecule has 1 aliphatic carbocycles. The van der Waals surface area contributed by atoms with E-state index in [-0.39, 0.29) is 31.2 Å². The van der Waals surface area contributed by atoms with Gasteiger partial charge in [0.25, 0.3) is 0 Å². The van der Waals surface area contributed by atoms with E-state index in [1.54, 1.807) is 25.1 Å². The van der Waals surface area contributed by atoms with E-state index in [4.69, 9.17) is 5.73 Å². The predicted molar refractivity (Wildman–Crippen MR) is 108 cm³/mol. The molecule has 168 valence electrons. The summed E-state index contributed by atoms with van der Waals surface area (Å²) in [5.41, 5.74) is 2.50. The molecule has 0 bridgehead atoms. The molecule has 1 saturated carbocycles. The number of aromatic nitrogens is 1. The van der Waals surface area contributed by atoms with E-state index in [1.807, 2.05) is 4.90 Å². The molecular weight excluding hydrogens is 436 g/mol. The van der Waals surface area contributed by atoms with Crippen molar-refractivity contribution in [1.29, 1.82) is 0 Å². The number of fused-ring (bicyclic) bond motifs is 1. The Hall–Kier alpha value is -2.40. The maximum absolute atomic E-state index is 13.6. The molecule has 2 N–H and O–H groups in total. The Morgan fingerprint density at radius 2 is 1.97 bits per heavy atom. The zero-order valence-corrected chi connectivity index (χ0v) is 17.5. The van der Waals surface area contributed by atoms with Gasteiger partial charge in [-0.3, -0.25) is 4.98 Å². The van der Waals surface area contributed by atoms with E-state index in [1.165, 1.54) is 6.07 Å². The summed E-state index contributed by atoms with van der Waals surface area (Å²) in [5.74, 6) is -0.604. The van der Waals surface area contributed by atoms with Crippen molar-refractivity contribution in [3.63, 3.8) is 0 Å². The van der Waals surface area contributed by atoms with Crippen molar-refractivity contribution in [1.82, 2.24) is 9.29 Å². The van der Waals surface area contributed by atoms with E-state index in [0.717, 1.165) is 19.0 Å². The molecule has 2 heterocycles. The lowest BCUT2D eigenvalue weighted by Gasteiger charge is -2.34. The number of nitrogens with two attached hydrogens (primary N) is 1. The van der Waals surface area contributed by atoms with E-state index in [9.17, 15) is 26.0 Å². The number of pyridine rings is 1. The van der Waals surface area contributed by atoms with Crippen LogP contribution in [0.25, 0.3) is 0 Å². The fourth-order valence-electron chi connectivity index (χ4n) is 4.07. The molecule has 11 heteroatoms. The van der Waals surface area contributed by atoms with Gasteiger partial charge in [0.15, 0.2) is 5.82 Å². The van der Waals surface area contributed by atoms with Crippen LogP contribution in [0.4, 0.5) is 28.9 Å². The molecule has 4 rings (SSSR count). The summed E-state index contributed by atoms with van der Waals surface area (Å²) in [6, 6.07) is 6.21. The molecule has 2 aromatic rings. The second-order valence-corrected chi connectivity index (χ2v) is 9.98. The molecule has 1 atom stereocenters. The molecule has 0 amide bonds. The van der Waals surface area contributed by atoms with Crippen LogP contribution in [0.1, 0.15) is 29.7 Å². The first kappa shape index (κ1) is 21.8. The average molecular weight is 458 g/mol. The van der Waals surface area contributed by atoms with Gasteiger partial charge in [0.1, 0.15) is 0 Å². The molecule has 2 aliphatic rings. The van der Waals surface area contributed by atoms with Gasteiger partial charge in [-0.1, -0.05) is 12.1 Å². The van der Waals surface area contributed by atoms with E-state index < -0.39 is 27.4 Å². The van der Waals surface area contributed by atoms with Crippen molar-refractivity contribution in [2.24, 2.45) is 5.92 Å². The van der Waals surface area contributed by atoms with Crippen LogP contribution in [-0.2, 0) is 23.1 Å². The Labute approximate surface area is 177 Å². The van der Waals surface area contributed by atoms with Crippen LogP contribution in [0.15, 0.2) is 30.5 Å². The topological polar surface area (TPSA) is 79.5 Å². The Balaban J connectivity index is 1.81. The van der Waals surface area contributed by atoms with Crippen LogP contribution < -0.4 is 10.6 Å². The van der Waals surface area contributed by atoms with E-state index in [0.29, 0.717) is 26.8 Å². The SMILES string of the molecule is Cc1cccc2c1CN(S(=O)(=O)C(F)(F)F)CC(C1CC1)N2Cc1cc(N)c(F)cn1. The maximum atomic E-state index is 13.6. The number of halogens is 4. The molecular formula is C20H22F4N4O2S. The first-order valence-electron chi connectivity index (χ1n) is 9.80. The van der Waals surface area contributed by atoms with Gasteiger partial charge >= 0.3 is 15.5 Å². The number of hydrogen-bond donors (Lipinski definition) is 1. The summed E-state index contributed by atoms with van der Waals surface area (Å²) in [4.78, 5) is 5.97. The monoisotopic (exact) mass is 458 g/mol. The normalized spacial score (nSPS) is 20.4. The summed E-state index contributed by atoms with van der Waals surface area (Å²) >= 11 is 0. The zero-order valence-electron chi connectivity index (χ0n) is 16.7. The molecule has 1 aliphatic heterocycles. The number of aryl methyl sites for hydroxylation is 1. The van der Waals surface area contributed by atoms with Crippen LogP contribution in [0, 0.1) is 18.7 Å². The Morgan fingerprint density at radius 1 is 1.26 bits per heavy atom. The first-order valence-corrected chi connectivity index (χ1v) is 11.2. The lowest BCUT2D eigenvalue weighted by molar-refractivity contribution is -0.0492. The molecule has 0 radical (unpaired) electrons. The van der Waals surface area contributed by atoms with Crippen LogP contribution in [0.5, 0.6) is 0 Å². The highest BCUT2D eigenvalue weighted by Gasteiger charge is 2.52. The number of hydrogen-bond acceptors (Lipinski definition) is 5. The van der Waals surface area contributed by atoms with Crippen molar-refractivity contribution < 1.29 is 26.0 Å². The van der Waals surface area contributed by atoms with E-state index in [2.05, 4.69) is 4.98 Å².